The monoisotopic (exact) mass is 398 g/mol. The summed E-state index contributed by atoms with van der Waals surface area (Å²) in [5.41, 5.74) is 1.53. The first-order valence-corrected chi connectivity index (χ1v) is 9.89. The Kier molecular flexibility index (Phi) is 5.21. The van der Waals surface area contributed by atoms with Gasteiger partial charge in [0, 0.05) is 31.4 Å². The second-order valence-corrected chi connectivity index (χ2v) is 7.56. The Labute approximate surface area is 165 Å². The van der Waals surface area contributed by atoms with Gasteiger partial charge in [0.25, 0.3) is 0 Å². The Hall–Kier alpha value is -3.00. The highest BCUT2D eigenvalue weighted by molar-refractivity contribution is 7.13. The SMILES string of the molecule is O=C(NCCn1ccc(-c2cccs2)n1)[C@@H]1CC(=O)N(c2ccc(F)cc2)C1. The summed E-state index contributed by atoms with van der Waals surface area (Å²) in [5, 5.41) is 9.39. The third-order valence-corrected chi connectivity index (χ3v) is 5.58. The number of rotatable bonds is 6. The Morgan fingerprint density at radius 2 is 2.07 bits per heavy atom. The number of carbonyl (C=O) groups is 2. The van der Waals surface area contributed by atoms with Gasteiger partial charge in [-0.05, 0) is 41.8 Å². The lowest BCUT2D eigenvalue weighted by Gasteiger charge is -2.16. The van der Waals surface area contributed by atoms with E-state index in [2.05, 4.69) is 10.4 Å². The summed E-state index contributed by atoms with van der Waals surface area (Å²) in [4.78, 5) is 27.3. The molecule has 0 bridgehead atoms. The summed E-state index contributed by atoms with van der Waals surface area (Å²) in [6.45, 7) is 1.30. The van der Waals surface area contributed by atoms with Crippen LogP contribution in [-0.4, -0.2) is 34.7 Å². The third kappa shape index (κ3) is 3.96. The minimum atomic E-state index is -0.406. The molecule has 1 atom stereocenters. The number of carbonyl (C=O) groups excluding carboxylic acids is 2. The molecule has 3 heterocycles. The van der Waals surface area contributed by atoms with Crippen molar-refractivity contribution in [2.45, 2.75) is 13.0 Å². The molecule has 0 unspecified atom stereocenters. The van der Waals surface area contributed by atoms with Gasteiger partial charge in [-0.3, -0.25) is 14.3 Å². The van der Waals surface area contributed by atoms with E-state index in [1.807, 2.05) is 29.8 Å². The molecule has 144 valence electrons. The van der Waals surface area contributed by atoms with Crippen LogP contribution in [0.1, 0.15) is 6.42 Å². The van der Waals surface area contributed by atoms with Crippen LogP contribution in [0.25, 0.3) is 10.6 Å². The van der Waals surface area contributed by atoms with Crippen molar-refractivity contribution in [2.24, 2.45) is 5.92 Å². The first-order chi connectivity index (χ1) is 13.6. The van der Waals surface area contributed by atoms with E-state index in [1.165, 1.54) is 17.0 Å². The van der Waals surface area contributed by atoms with Crippen LogP contribution in [0.4, 0.5) is 10.1 Å². The van der Waals surface area contributed by atoms with Crippen molar-refractivity contribution in [3.8, 4) is 10.6 Å². The maximum absolute atomic E-state index is 13.1. The van der Waals surface area contributed by atoms with Crippen molar-refractivity contribution in [3.05, 3.63) is 59.9 Å². The Bertz CT molecular complexity index is 969. The summed E-state index contributed by atoms with van der Waals surface area (Å²) in [5.74, 6) is -1.04. The van der Waals surface area contributed by atoms with Crippen LogP contribution < -0.4 is 10.2 Å². The zero-order valence-electron chi connectivity index (χ0n) is 15.0. The van der Waals surface area contributed by atoms with Crippen molar-refractivity contribution in [1.29, 1.82) is 0 Å². The van der Waals surface area contributed by atoms with Crippen LogP contribution in [0.15, 0.2) is 54.0 Å². The second kappa shape index (κ2) is 7.93. The van der Waals surface area contributed by atoms with Gasteiger partial charge < -0.3 is 10.2 Å². The van der Waals surface area contributed by atoms with Crippen LogP contribution in [-0.2, 0) is 16.1 Å². The largest absolute Gasteiger partial charge is 0.354 e. The highest BCUT2D eigenvalue weighted by atomic mass is 32.1. The summed E-state index contributed by atoms with van der Waals surface area (Å²) >= 11 is 1.63. The number of nitrogens with one attached hydrogen (secondary N) is 1. The molecule has 6 nitrogen and oxygen atoms in total. The van der Waals surface area contributed by atoms with Gasteiger partial charge in [0.2, 0.25) is 11.8 Å². The molecular weight excluding hydrogens is 379 g/mol. The quantitative estimate of drug-likeness (QED) is 0.694. The van der Waals surface area contributed by atoms with Gasteiger partial charge in [0.05, 0.1) is 17.3 Å². The van der Waals surface area contributed by atoms with Crippen molar-refractivity contribution >= 4 is 28.8 Å². The van der Waals surface area contributed by atoms with Crippen LogP contribution in [0.2, 0.25) is 0 Å². The summed E-state index contributed by atoms with van der Waals surface area (Å²) in [7, 11) is 0. The Morgan fingerprint density at radius 3 is 2.82 bits per heavy atom. The van der Waals surface area contributed by atoms with Gasteiger partial charge in [-0.1, -0.05) is 6.07 Å². The predicted molar refractivity (Wildman–Crippen MR) is 105 cm³/mol. The second-order valence-electron chi connectivity index (χ2n) is 6.61. The normalized spacial score (nSPS) is 16.5. The molecule has 3 aromatic rings. The Morgan fingerprint density at radius 1 is 1.25 bits per heavy atom. The maximum atomic E-state index is 13.1. The van der Waals surface area contributed by atoms with Crippen molar-refractivity contribution in [1.82, 2.24) is 15.1 Å². The minimum Gasteiger partial charge on any atom is -0.354 e. The molecule has 2 amide bonds. The van der Waals surface area contributed by atoms with Gasteiger partial charge in [0.1, 0.15) is 11.5 Å². The third-order valence-electron chi connectivity index (χ3n) is 4.69. The fraction of sp³-hybridized carbons (Fsp3) is 0.250. The van der Waals surface area contributed by atoms with E-state index in [0.29, 0.717) is 25.3 Å². The Balaban J connectivity index is 1.28. The average Bonchev–Trinajstić information content (AvgIpc) is 3.43. The van der Waals surface area contributed by atoms with E-state index in [1.54, 1.807) is 28.2 Å². The van der Waals surface area contributed by atoms with E-state index in [-0.39, 0.29) is 24.1 Å². The molecule has 0 saturated carbocycles. The lowest BCUT2D eigenvalue weighted by molar-refractivity contribution is -0.126. The number of halogens is 1. The van der Waals surface area contributed by atoms with E-state index >= 15 is 0 Å². The molecule has 28 heavy (non-hydrogen) atoms. The molecule has 1 N–H and O–H groups in total. The van der Waals surface area contributed by atoms with Gasteiger partial charge in [-0.25, -0.2) is 4.39 Å². The highest BCUT2D eigenvalue weighted by Gasteiger charge is 2.34. The fourth-order valence-corrected chi connectivity index (χ4v) is 3.92. The molecule has 0 spiro atoms. The summed E-state index contributed by atoms with van der Waals surface area (Å²) in [6.07, 6.45) is 2.05. The summed E-state index contributed by atoms with van der Waals surface area (Å²) in [6, 6.07) is 11.7. The molecule has 4 rings (SSSR count). The number of aromatic nitrogens is 2. The molecule has 8 heteroatoms. The molecule has 0 aliphatic carbocycles. The molecule has 1 aliphatic rings. The fourth-order valence-electron chi connectivity index (χ4n) is 3.23. The van der Waals surface area contributed by atoms with E-state index < -0.39 is 5.92 Å². The zero-order chi connectivity index (χ0) is 19.5. The molecule has 1 aromatic carbocycles. The van der Waals surface area contributed by atoms with Gasteiger partial charge >= 0.3 is 0 Å². The molecule has 1 aliphatic heterocycles. The van der Waals surface area contributed by atoms with E-state index in [4.69, 9.17) is 0 Å². The first kappa shape index (κ1) is 18.4. The number of benzene rings is 1. The smallest absolute Gasteiger partial charge is 0.227 e. The minimum absolute atomic E-state index is 0.126. The predicted octanol–water partition coefficient (Wildman–Crippen LogP) is 2.92. The van der Waals surface area contributed by atoms with Crippen LogP contribution in [0.3, 0.4) is 0 Å². The molecular formula is C20H19FN4O2S. The van der Waals surface area contributed by atoms with Crippen molar-refractivity contribution in [3.63, 3.8) is 0 Å². The van der Waals surface area contributed by atoms with Crippen molar-refractivity contribution < 1.29 is 14.0 Å². The number of hydrogen-bond acceptors (Lipinski definition) is 4. The van der Waals surface area contributed by atoms with Gasteiger partial charge in [-0.2, -0.15) is 5.10 Å². The summed E-state index contributed by atoms with van der Waals surface area (Å²) < 4.78 is 14.9. The lowest BCUT2D eigenvalue weighted by atomic mass is 10.1. The number of hydrogen-bond donors (Lipinski definition) is 1. The standard InChI is InChI=1S/C20H19FN4O2S/c21-15-3-5-16(6-4-15)25-13-14(12-19(25)26)20(27)22-8-10-24-9-7-17(23-24)18-2-1-11-28-18/h1-7,9,11,14H,8,10,12-13H2,(H,22,27)/t14-/m1/s1. The average molecular weight is 398 g/mol. The maximum Gasteiger partial charge on any atom is 0.227 e. The number of anilines is 1. The van der Waals surface area contributed by atoms with Crippen molar-refractivity contribution in [2.75, 3.05) is 18.0 Å². The topological polar surface area (TPSA) is 67.2 Å². The number of amides is 2. The van der Waals surface area contributed by atoms with Crippen LogP contribution in [0, 0.1) is 11.7 Å². The zero-order valence-corrected chi connectivity index (χ0v) is 15.9. The molecule has 2 aromatic heterocycles. The number of nitrogens with zero attached hydrogens (tertiary/aromatic N) is 3. The van der Waals surface area contributed by atoms with Gasteiger partial charge in [-0.15, -0.1) is 11.3 Å². The highest BCUT2D eigenvalue weighted by Crippen LogP contribution is 2.25. The lowest BCUT2D eigenvalue weighted by Crippen LogP contribution is -2.34. The molecule has 0 radical (unpaired) electrons. The van der Waals surface area contributed by atoms with E-state index in [9.17, 15) is 14.0 Å². The van der Waals surface area contributed by atoms with Crippen LogP contribution >= 0.6 is 11.3 Å². The molecule has 1 saturated heterocycles. The van der Waals surface area contributed by atoms with E-state index in [0.717, 1.165) is 10.6 Å². The van der Waals surface area contributed by atoms with Crippen LogP contribution in [0.5, 0.6) is 0 Å². The van der Waals surface area contributed by atoms with Gasteiger partial charge in [0.15, 0.2) is 0 Å². The number of thiophene rings is 1. The first-order valence-electron chi connectivity index (χ1n) is 9.01. The molecule has 1 fully saturated rings.